The molecular weight excluding hydrogens is 355 g/mol. The molecule has 0 saturated carbocycles. The van der Waals surface area contributed by atoms with E-state index in [-0.39, 0.29) is 11.4 Å². The first-order chi connectivity index (χ1) is 11.2. The van der Waals surface area contributed by atoms with Crippen LogP contribution in [0.2, 0.25) is 5.02 Å². The molecule has 128 valence electrons. The van der Waals surface area contributed by atoms with Crippen molar-refractivity contribution < 1.29 is 17.6 Å². The molecule has 24 heavy (non-hydrogen) atoms. The molecule has 0 aliphatic heterocycles. The molecule has 0 aromatic heterocycles. The summed E-state index contributed by atoms with van der Waals surface area (Å²) in [4.78, 5) is 12.4. The van der Waals surface area contributed by atoms with Crippen LogP contribution < -0.4 is 9.62 Å². The van der Waals surface area contributed by atoms with Crippen molar-refractivity contribution in [2.75, 3.05) is 15.9 Å². The number of nitrogens with zero attached hydrogens (tertiary/aromatic N) is 1. The van der Waals surface area contributed by atoms with Crippen molar-refractivity contribution in [1.82, 2.24) is 0 Å². The van der Waals surface area contributed by atoms with E-state index in [1.54, 1.807) is 18.2 Å². The second-order valence-corrected chi connectivity index (χ2v) is 7.48. The Bertz CT molecular complexity index is 858. The number of hydrogen-bond acceptors (Lipinski definition) is 3. The van der Waals surface area contributed by atoms with Crippen LogP contribution >= 0.6 is 11.6 Å². The average Bonchev–Trinajstić information content (AvgIpc) is 2.48. The van der Waals surface area contributed by atoms with Crippen molar-refractivity contribution in [2.45, 2.75) is 13.0 Å². The Hall–Kier alpha value is -2.12. The Morgan fingerprint density at radius 3 is 2.46 bits per heavy atom. The van der Waals surface area contributed by atoms with Gasteiger partial charge in [-0.25, -0.2) is 12.8 Å². The molecule has 0 unspecified atom stereocenters. The Balaban J connectivity index is 2.33. The second-order valence-electron chi connectivity index (χ2n) is 5.18. The van der Waals surface area contributed by atoms with Crippen LogP contribution in [0.25, 0.3) is 0 Å². The maximum atomic E-state index is 13.7. The Kier molecular flexibility index (Phi) is 5.46. The molecule has 2 rings (SSSR count). The zero-order valence-corrected chi connectivity index (χ0v) is 14.6. The van der Waals surface area contributed by atoms with Crippen LogP contribution in [-0.4, -0.2) is 26.6 Å². The lowest BCUT2D eigenvalue weighted by molar-refractivity contribution is -0.116. The summed E-state index contributed by atoms with van der Waals surface area (Å²) in [5.74, 6) is -1.27. The standard InChI is InChI=1S/C16H16ClFN2O3S/c1-11(16(21)19-15-9-4-3-8-14(15)18)20(24(2,22)23)13-7-5-6-12(17)10-13/h3-11H,1-2H3,(H,19,21)/t11-/m0/s1. The number of benzene rings is 2. The maximum absolute atomic E-state index is 13.7. The number of anilines is 2. The molecule has 0 bridgehead atoms. The van der Waals surface area contributed by atoms with Crippen LogP contribution in [-0.2, 0) is 14.8 Å². The largest absolute Gasteiger partial charge is 0.322 e. The van der Waals surface area contributed by atoms with Crippen LogP contribution in [0.4, 0.5) is 15.8 Å². The molecule has 0 aliphatic carbocycles. The summed E-state index contributed by atoms with van der Waals surface area (Å²) in [7, 11) is -3.76. The molecule has 8 heteroatoms. The molecule has 2 aromatic carbocycles. The number of sulfonamides is 1. The summed E-state index contributed by atoms with van der Waals surface area (Å²) in [5, 5.41) is 2.73. The lowest BCUT2D eigenvalue weighted by Gasteiger charge is -2.28. The van der Waals surface area contributed by atoms with Gasteiger partial charge >= 0.3 is 0 Å². The van der Waals surface area contributed by atoms with E-state index < -0.39 is 27.8 Å². The number of amides is 1. The zero-order chi connectivity index (χ0) is 17.9. The number of para-hydroxylation sites is 1. The fourth-order valence-electron chi connectivity index (χ4n) is 2.22. The zero-order valence-electron chi connectivity index (χ0n) is 13.0. The minimum absolute atomic E-state index is 0.0195. The smallest absolute Gasteiger partial charge is 0.248 e. The van der Waals surface area contributed by atoms with Gasteiger partial charge in [-0.2, -0.15) is 0 Å². The van der Waals surface area contributed by atoms with Crippen molar-refractivity contribution in [3.05, 3.63) is 59.4 Å². The van der Waals surface area contributed by atoms with Gasteiger partial charge < -0.3 is 5.32 Å². The van der Waals surface area contributed by atoms with Crippen molar-refractivity contribution in [3.63, 3.8) is 0 Å². The molecule has 0 heterocycles. The van der Waals surface area contributed by atoms with Gasteiger partial charge in [-0.05, 0) is 37.3 Å². The van der Waals surface area contributed by atoms with Crippen molar-refractivity contribution in [2.24, 2.45) is 0 Å². The van der Waals surface area contributed by atoms with Gasteiger partial charge in [-0.1, -0.05) is 29.8 Å². The second kappa shape index (κ2) is 7.19. The van der Waals surface area contributed by atoms with Gasteiger partial charge in [0.1, 0.15) is 11.9 Å². The van der Waals surface area contributed by atoms with E-state index in [9.17, 15) is 17.6 Å². The highest BCUT2D eigenvalue weighted by Crippen LogP contribution is 2.25. The lowest BCUT2D eigenvalue weighted by Crippen LogP contribution is -2.45. The summed E-state index contributed by atoms with van der Waals surface area (Å²) in [5.41, 5.74) is 0.232. The fourth-order valence-corrected chi connectivity index (χ4v) is 3.57. The van der Waals surface area contributed by atoms with Crippen LogP contribution in [0.15, 0.2) is 48.5 Å². The van der Waals surface area contributed by atoms with E-state index in [1.165, 1.54) is 37.3 Å². The van der Waals surface area contributed by atoms with Gasteiger partial charge in [0, 0.05) is 5.02 Å². The summed E-state index contributed by atoms with van der Waals surface area (Å²) in [6.07, 6.45) is 0.987. The Labute approximate surface area is 145 Å². The summed E-state index contributed by atoms with van der Waals surface area (Å²) < 4.78 is 38.9. The fraction of sp³-hybridized carbons (Fsp3) is 0.188. The highest BCUT2D eigenvalue weighted by atomic mass is 35.5. The molecule has 1 N–H and O–H groups in total. The van der Waals surface area contributed by atoms with Crippen molar-refractivity contribution in [1.29, 1.82) is 0 Å². The predicted molar refractivity (Wildman–Crippen MR) is 93.3 cm³/mol. The van der Waals surface area contributed by atoms with Gasteiger partial charge in [0.05, 0.1) is 17.6 Å². The molecule has 1 amide bonds. The number of hydrogen-bond donors (Lipinski definition) is 1. The minimum atomic E-state index is -3.76. The number of carbonyl (C=O) groups is 1. The highest BCUT2D eigenvalue weighted by molar-refractivity contribution is 7.92. The average molecular weight is 371 g/mol. The van der Waals surface area contributed by atoms with Crippen LogP contribution in [0, 0.1) is 5.82 Å². The number of carbonyl (C=O) groups excluding carboxylic acids is 1. The van der Waals surface area contributed by atoms with Gasteiger partial charge in [0.2, 0.25) is 15.9 Å². The molecule has 0 saturated heterocycles. The summed E-state index contributed by atoms with van der Waals surface area (Å²) in [6.45, 7) is 1.41. The highest BCUT2D eigenvalue weighted by Gasteiger charge is 2.29. The van der Waals surface area contributed by atoms with E-state index in [0.717, 1.165) is 10.6 Å². The van der Waals surface area contributed by atoms with Crippen molar-refractivity contribution >= 4 is 38.9 Å². The third kappa shape index (κ3) is 4.24. The van der Waals surface area contributed by atoms with Gasteiger partial charge in [0.25, 0.3) is 0 Å². The Morgan fingerprint density at radius 2 is 1.88 bits per heavy atom. The van der Waals surface area contributed by atoms with Crippen molar-refractivity contribution in [3.8, 4) is 0 Å². The maximum Gasteiger partial charge on any atom is 0.248 e. The minimum Gasteiger partial charge on any atom is -0.322 e. The van der Waals surface area contributed by atoms with Crippen LogP contribution in [0.1, 0.15) is 6.92 Å². The van der Waals surface area contributed by atoms with Crippen LogP contribution in [0.5, 0.6) is 0 Å². The first kappa shape index (κ1) is 18.2. The molecular formula is C16H16ClFN2O3S. The molecule has 0 aliphatic rings. The molecule has 0 fully saturated rings. The Morgan fingerprint density at radius 1 is 1.21 bits per heavy atom. The van der Waals surface area contributed by atoms with E-state index in [2.05, 4.69) is 5.32 Å². The van der Waals surface area contributed by atoms with Gasteiger partial charge in [-0.15, -0.1) is 0 Å². The number of rotatable bonds is 5. The monoisotopic (exact) mass is 370 g/mol. The quantitative estimate of drug-likeness (QED) is 0.878. The first-order valence-corrected chi connectivity index (χ1v) is 9.23. The topological polar surface area (TPSA) is 66.5 Å². The van der Waals surface area contributed by atoms with E-state index in [4.69, 9.17) is 11.6 Å². The molecule has 0 spiro atoms. The molecule has 2 aromatic rings. The normalized spacial score (nSPS) is 12.5. The molecule has 0 radical (unpaired) electrons. The predicted octanol–water partition coefficient (Wildman–Crippen LogP) is 3.27. The molecule has 1 atom stereocenters. The number of halogens is 2. The van der Waals surface area contributed by atoms with Crippen LogP contribution in [0.3, 0.4) is 0 Å². The van der Waals surface area contributed by atoms with Gasteiger partial charge in [0.15, 0.2) is 0 Å². The first-order valence-electron chi connectivity index (χ1n) is 7.00. The SMILES string of the molecule is C[C@@H](C(=O)Nc1ccccc1F)N(c1cccc(Cl)c1)S(C)(=O)=O. The third-order valence-electron chi connectivity index (χ3n) is 3.28. The molecule has 5 nitrogen and oxygen atoms in total. The van der Waals surface area contributed by atoms with E-state index in [1.807, 2.05) is 0 Å². The van der Waals surface area contributed by atoms with E-state index in [0.29, 0.717) is 5.02 Å². The van der Waals surface area contributed by atoms with Gasteiger partial charge in [-0.3, -0.25) is 9.10 Å². The van der Waals surface area contributed by atoms with E-state index >= 15 is 0 Å². The summed E-state index contributed by atoms with van der Waals surface area (Å²) in [6, 6.07) is 10.7. The third-order valence-corrected chi connectivity index (χ3v) is 4.76. The summed E-state index contributed by atoms with van der Waals surface area (Å²) >= 11 is 5.90. The lowest BCUT2D eigenvalue weighted by atomic mass is 10.2. The number of nitrogens with one attached hydrogen (secondary N) is 1.